The number of aryl methyl sites for hydroxylation is 1. The van der Waals surface area contributed by atoms with E-state index in [-0.39, 0.29) is 18.1 Å². The van der Waals surface area contributed by atoms with E-state index in [4.69, 9.17) is 5.11 Å². The number of hydrogen-bond donors (Lipinski definition) is 2. The molecule has 6 nitrogen and oxygen atoms in total. The smallest absolute Gasteiger partial charge is 0.354 e. The molecule has 0 fully saturated rings. The van der Waals surface area contributed by atoms with Gasteiger partial charge in [-0.15, -0.1) is 0 Å². The minimum absolute atomic E-state index is 0.0272. The van der Waals surface area contributed by atoms with Crippen LogP contribution in [0.1, 0.15) is 32.1 Å². The third-order valence-corrected chi connectivity index (χ3v) is 2.72. The van der Waals surface area contributed by atoms with E-state index < -0.39 is 5.97 Å². The van der Waals surface area contributed by atoms with Gasteiger partial charge in [-0.2, -0.15) is 0 Å². The predicted molar refractivity (Wildman–Crippen MR) is 71.3 cm³/mol. The SMILES string of the molecule is Cc1cccnc1C(=O)NCc1ccc(C(=O)O)nc1. The van der Waals surface area contributed by atoms with Crippen molar-refractivity contribution in [3.8, 4) is 0 Å². The lowest BCUT2D eigenvalue weighted by Crippen LogP contribution is -2.24. The molecule has 0 spiro atoms. The maximum Gasteiger partial charge on any atom is 0.354 e. The van der Waals surface area contributed by atoms with Crippen molar-refractivity contribution in [2.24, 2.45) is 0 Å². The van der Waals surface area contributed by atoms with Gasteiger partial charge >= 0.3 is 5.97 Å². The third-order valence-electron chi connectivity index (χ3n) is 2.72. The molecule has 0 saturated heterocycles. The fraction of sp³-hybridized carbons (Fsp3) is 0.143. The number of carboxylic acids is 1. The van der Waals surface area contributed by atoms with Gasteiger partial charge in [0.05, 0.1) is 0 Å². The Morgan fingerprint density at radius 1 is 1.25 bits per heavy atom. The van der Waals surface area contributed by atoms with Gasteiger partial charge in [-0.1, -0.05) is 12.1 Å². The summed E-state index contributed by atoms with van der Waals surface area (Å²) >= 11 is 0. The molecular weight excluding hydrogens is 258 g/mol. The number of nitrogens with one attached hydrogen (secondary N) is 1. The molecular formula is C14H13N3O3. The summed E-state index contributed by atoms with van der Waals surface area (Å²) in [6.07, 6.45) is 2.99. The second kappa shape index (κ2) is 5.92. The number of amides is 1. The lowest BCUT2D eigenvalue weighted by Gasteiger charge is -2.06. The molecule has 2 aromatic heterocycles. The number of aromatic carboxylic acids is 1. The fourth-order valence-corrected chi connectivity index (χ4v) is 1.65. The Kier molecular flexibility index (Phi) is 4.05. The highest BCUT2D eigenvalue weighted by atomic mass is 16.4. The Morgan fingerprint density at radius 3 is 2.65 bits per heavy atom. The number of hydrogen-bond acceptors (Lipinski definition) is 4. The van der Waals surface area contributed by atoms with Crippen LogP contribution in [0.25, 0.3) is 0 Å². The molecule has 6 heteroatoms. The summed E-state index contributed by atoms with van der Waals surface area (Å²) in [5.74, 6) is -1.35. The summed E-state index contributed by atoms with van der Waals surface area (Å²) in [6, 6.07) is 6.59. The largest absolute Gasteiger partial charge is 0.477 e. The van der Waals surface area contributed by atoms with Crippen LogP contribution in [-0.4, -0.2) is 27.0 Å². The number of carbonyl (C=O) groups is 2. The molecule has 102 valence electrons. The van der Waals surface area contributed by atoms with Crippen LogP contribution in [0.15, 0.2) is 36.7 Å². The van der Waals surface area contributed by atoms with E-state index in [0.717, 1.165) is 11.1 Å². The van der Waals surface area contributed by atoms with E-state index in [2.05, 4.69) is 15.3 Å². The van der Waals surface area contributed by atoms with Crippen molar-refractivity contribution >= 4 is 11.9 Å². The van der Waals surface area contributed by atoms with E-state index in [0.29, 0.717) is 5.69 Å². The molecule has 2 aromatic rings. The first-order valence-electron chi connectivity index (χ1n) is 5.96. The second-order valence-electron chi connectivity index (χ2n) is 4.21. The van der Waals surface area contributed by atoms with Crippen LogP contribution < -0.4 is 5.32 Å². The molecule has 0 aliphatic rings. The molecule has 0 unspecified atom stereocenters. The Hall–Kier alpha value is -2.76. The van der Waals surface area contributed by atoms with Crippen molar-refractivity contribution in [1.29, 1.82) is 0 Å². The quantitative estimate of drug-likeness (QED) is 0.877. The van der Waals surface area contributed by atoms with Crippen LogP contribution in [0.5, 0.6) is 0 Å². The van der Waals surface area contributed by atoms with Crippen molar-refractivity contribution in [1.82, 2.24) is 15.3 Å². The van der Waals surface area contributed by atoms with Crippen molar-refractivity contribution in [2.45, 2.75) is 13.5 Å². The first kappa shape index (κ1) is 13.7. The zero-order valence-electron chi connectivity index (χ0n) is 10.8. The molecule has 2 rings (SSSR count). The van der Waals surface area contributed by atoms with E-state index in [1.54, 1.807) is 18.3 Å². The van der Waals surface area contributed by atoms with Crippen LogP contribution in [-0.2, 0) is 6.54 Å². The van der Waals surface area contributed by atoms with Gasteiger partial charge in [0.25, 0.3) is 5.91 Å². The number of carbonyl (C=O) groups excluding carboxylic acids is 1. The molecule has 0 aliphatic heterocycles. The van der Waals surface area contributed by atoms with Gasteiger partial charge in [-0.25, -0.2) is 9.78 Å². The highest BCUT2D eigenvalue weighted by Crippen LogP contribution is 2.04. The van der Waals surface area contributed by atoms with Gasteiger partial charge in [0, 0.05) is 18.9 Å². The van der Waals surface area contributed by atoms with Crippen LogP contribution in [0.4, 0.5) is 0 Å². The van der Waals surface area contributed by atoms with Crippen molar-refractivity contribution in [3.05, 3.63) is 59.2 Å². The molecule has 20 heavy (non-hydrogen) atoms. The number of aromatic nitrogens is 2. The molecule has 0 aliphatic carbocycles. The number of carboxylic acid groups (broad SMARTS) is 1. The molecule has 2 N–H and O–H groups in total. The Bertz CT molecular complexity index is 638. The normalized spacial score (nSPS) is 10.1. The van der Waals surface area contributed by atoms with Gasteiger partial charge < -0.3 is 10.4 Å². The number of nitrogens with zero attached hydrogens (tertiary/aromatic N) is 2. The van der Waals surface area contributed by atoms with E-state index in [9.17, 15) is 9.59 Å². The van der Waals surface area contributed by atoms with E-state index in [1.165, 1.54) is 12.3 Å². The van der Waals surface area contributed by atoms with E-state index in [1.807, 2.05) is 13.0 Å². The van der Waals surface area contributed by atoms with Gasteiger partial charge in [0.2, 0.25) is 0 Å². The van der Waals surface area contributed by atoms with Crippen molar-refractivity contribution in [3.63, 3.8) is 0 Å². The van der Waals surface area contributed by atoms with Crippen LogP contribution >= 0.6 is 0 Å². The van der Waals surface area contributed by atoms with Crippen LogP contribution in [0.2, 0.25) is 0 Å². The van der Waals surface area contributed by atoms with Crippen molar-refractivity contribution in [2.75, 3.05) is 0 Å². The Morgan fingerprint density at radius 2 is 2.05 bits per heavy atom. The van der Waals surface area contributed by atoms with Gasteiger partial charge in [-0.05, 0) is 30.2 Å². The molecule has 0 bridgehead atoms. The first-order valence-corrected chi connectivity index (χ1v) is 5.96. The molecule has 0 atom stereocenters. The lowest BCUT2D eigenvalue weighted by molar-refractivity contribution is 0.0690. The molecule has 0 saturated carbocycles. The van der Waals surface area contributed by atoms with Crippen LogP contribution in [0.3, 0.4) is 0 Å². The molecule has 0 aromatic carbocycles. The summed E-state index contributed by atoms with van der Waals surface area (Å²) in [7, 11) is 0. The summed E-state index contributed by atoms with van der Waals surface area (Å²) in [5, 5.41) is 11.4. The Labute approximate surface area is 115 Å². The predicted octanol–water partition coefficient (Wildman–Crippen LogP) is 1.41. The summed E-state index contributed by atoms with van der Waals surface area (Å²) in [6.45, 7) is 2.08. The lowest BCUT2D eigenvalue weighted by atomic mass is 10.2. The zero-order valence-corrected chi connectivity index (χ0v) is 10.8. The Balaban J connectivity index is 2.00. The van der Waals surface area contributed by atoms with Gasteiger partial charge in [0.1, 0.15) is 11.4 Å². The van der Waals surface area contributed by atoms with Gasteiger partial charge in [0.15, 0.2) is 0 Å². The average Bonchev–Trinajstić information content (AvgIpc) is 2.45. The third kappa shape index (κ3) is 3.17. The number of rotatable bonds is 4. The highest BCUT2D eigenvalue weighted by Gasteiger charge is 2.10. The standard InChI is InChI=1S/C14H13N3O3/c1-9-3-2-6-15-12(9)13(18)17-8-10-4-5-11(14(19)20)16-7-10/h2-7H,8H2,1H3,(H,17,18)(H,19,20). The topological polar surface area (TPSA) is 92.2 Å². The number of pyridine rings is 2. The summed E-state index contributed by atoms with van der Waals surface area (Å²) < 4.78 is 0. The first-order chi connectivity index (χ1) is 9.58. The molecule has 0 radical (unpaired) electrons. The minimum Gasteiger partial charge on any atom is -0.477 e. The average molecular weight is 271 g/mol. The molecule has 2 heterocycles. The maximum atomic E-state index is 11.9. The molecule has 1 amide bonds. The van der Waals surface area contributed by atoms with Gasteiger partial charge in [-0.3, -0.25) is 9.78 Å². The van der Waals surface area contributed by atoms with Crippen LogP contribution in [0, 0.1) is 6.92 Å². The van der Waals surface area contributed by atoms with Crippen molar-refractivity contribution < 1.29 is 14.7 Å². The summed E-state index contributed by atoms with van der Waals surface area (Å²) in [4.78, 5) is 30.4. The van der Waals surface area contributed by atoms with E-state index >= 15 is 0 Å². The monoisotopic (exact) mass is 271 g/mol. The highest BCUT2D eigenvalue weighted by molar-refractivity contribution is 5.93. The second-order valence-corrected chi connectivity index (χ2v) is 4.21. The fourth-order valence-electron chi connectivity index (χ4n) is 1.65. The minimum atomic E-state index is -1.08. The maximum absolute atomic E-state index is 11.9. The zero-order chi connectivity index (χ0) is 14.5. The summed E-state index contributed by atoms with van der Waals surface area (Å²) in [5.41, 5.74) is 1.87.